The molecule has 0 aromatic rings. The molecule has 3 heterocycles. The zero-order chi connectivity index (χ0) is 31.7. The minimum absolute atomic E-state index is 0.0103. The van der Waals surface area contributed by atoms with Gasteiger partial charge in [-0.3, -0.25) is 28.8 Å². The second-order valence-corrected chi connectivity index (χ2v) is 10.4. The molecule has 3 aliphatic heterocycles. The van der Waals surface area contributed by atoms with Crippen LogP contribution < -0.4 is 16.0 Å². The Kier molecular flexibility index (Phi) is 12.4. The van der Waals surface area contributed by atoms with Crippen molar-refractivity contribution in [3.63, 3.8) is 0 Å². The van der Waals surface area contributed by atoms with E-state index in [2.05, 4.69) is 16.0 Å². The van der Waals surface area contributed by atoms with Crippen LogP contribution in [0.5, 0.6) is 0 Å². The molecule has 17 nitrogen and oxygen atoms in total. The summed E-state index contributed by atoms with van der Waals surface area (Å²) in [5.41, 5.74) is 0. The van der Waals surface area contributed by atoms with Gasteiger partial charge in [0.05, 0.1) is 12.1 Å². The standard InChI is InChI=1S/C26H38N4O13/c1-13(31)29-22-24(41-15(3)33)23(40-14(2)32)18(12-28-25(38)17-10-16(34)11-27-17)42-26(22)39-9-5-4-6-21(37)43-30-19(35)7-8-20(30)36/h16-18,22-24,26-27,34H,4-12H2,1-3H3,(H,28,38)(H,29,31). The van der Waals surface area contributed by atoms with Crippen molar-refractivity contribution in [2.45, 2.75) is 102 Å². The molecule has 4 N–H and O–H groups in total. The molecule has 3 saturated heterocycles. The molecule has 4 amide bonds. The predicted octanol–water partition coefficient (Wildman–Crippen LogP) is -2.29. The van der Waals surface area contributed by atoms with E-state index in [1.165, 1.54) is 6.92 Å². The van der Waals surface area contributed by atoms with E-state index in [1.54, 1.807) is 0 Å². The van der Waals surface area contributed by atoms with E-state index in [-0.39, 0.29) is 58.2 Å². The zero-order valence-corrected chi connectivity index (χ0v) is 24.2. The third kappa shape index (κ3) is 9.94. The highest BCUT2D eigenvalue weighted by Gasteiger charge is 2.51. The summed E-state index contributed by atoms with van der Waals surface area (Å²) >= 11 is 0. The molecule has 0 bridgehead atoms. The number of aliphatic hydroxyl groups excluding tert-OH is 1. The molecule has 0 spiro atoms. The molecule has 17 heteroatoms. The average Bonchev–Trinajstić information content (AvgIpc) is 3.50. The number of rotatable bonds is 13. The maximum atomic E-state index is 12.7. The van der Waals surface area contributed by atoms with E-state index in [0.29, 0.717) is 5.06 Å². The molecule has 7 unspecified atom stereocenters. The highest BCUT2D eigenvalue weighted by molar-refractivity contribution is 6.01. The van der Waals surface area contributed by atoms with Crippen LogP contribution in [-0.4, -0.2) is 114 Å². The number of carbonyl (C=O) groups excluding carboxylic acids is 7. The first-order chi connectivity index (χ1) is 20.3. The molecule has 7 atom stereocenters. The number of unbranched alkanes of at least 4 members (excludes halogenated alkanes) is 1. The molecular formula is C26H38N4O13. The zero-order valence-electron chi connectivity index (χ0n) is 24.2. The van der Waals surface area contributed by atoms with Crippen molar-refractivity contribution in [1.82, 2.24) is 21.0 Å². The topological polar surface area (TPSA) is 225 Å². The van der Waals surface area contributed by atoms with Crippen LogP contribution in [-0.2, 0) is 57.3 Å². The molecular weight excluding hydrogens is 576 g/mol. The van der Waals surface area contributed by atoms with Gasteiger partial charge in [-0.2, -0.15) is 0 Å². The number of β-amino-alcohol motifs (C(OH)–C–C–N with tert-alkyl or cyclic N) is 1. The molecule has 3 aliphatic rings. The largest absolute Gasteiger partial charge is 0.456 e. The molecule has 3 rings (SSSR count). The van der Waals surface area contributed by atoms with E-state index >= 15 is 0 Å². The Labute approximate surface area is 247 Å². The summed E-state index contributed by atoms with van der Waals surface area (Å²) in [6.07, 6.45) is -4.92. The number of carbonyl (C=O) groups is 7. The summed E-state index contributed by atoms with van der Waals surface area (Å²) in [7, 11) is 0. The van der Waals surface area contributed by atoms with Crippen molar-refractivity contribution in [1.29, 1.82) is 0 Å². The number of ether oxygens (including phenoxy) is 4. The van der Waals surface area contributed by atoms with Crippen LogP contribution in [0.3, 0.4) is 0 Å². The van der Waals surface area contributed by atoms with Gasteiger partial charge >= 0.3 is 17.9 Å². The van der Waals surface area contributed by atoms with Crippen molar-refractivity contribution < 1.29 is 62.5 Å². The van der Waals surface area contributed by atoms with Gasteiger partial charge in [-0.05, 0) is 19.3 Å². The van der Waals surface area contributed by atoms with E-state index in [1.807, 2.05) is 0 Å². The van der Waals surface area contributed by atoms with Gasteiger partial charge in [0.25, 0.3) is 11.8 Å². The van der Waals surface area contributed by atoms with E-state index < -0.39 is 84.3 Å². The third-order valence-corrected chi connectivity index (χ3v) is 6.78. The van der Waals surface area contributed by atoms with Gasteiger partial charge < -0.3 is 44.8 Å². The predicted molar refractivity (Wildman–Crippen MR) is 140 cm³/mol. The summed E-state index contributed by atoms with van der Waals surface area (Å²) < 4.78 is 22.8. The molecule has 0 radical (unpaired) electrons. The van der Waals surface area contributed by atoms with Crippen LogP contribution in [0.25, 0.3) is 0 Å². The van der Waals surface area contributed by atoms with Crippen molar-refractivity contribution in [3.05, 3.63) is 0 Å². The Balaban J connectivity index is 1.66. The van der Waals surface area contributed by atoms with Crippen LogP contribution in [0.1, 0.15) is 59.3 Å². The number of hydrogen-bond acceptors (Lipinski definition) is 14. The minimum Gasteiger partial charge on any atom is -0.456 e. The van der Waals surface area contributed by atoms with Crippen LogP contribution in [0.4, 0.5) is 0 Å². The van der Waals surface area contributed by atoms with Crippen molar-refractivity contribution in [3.8, 4) is 0 Å². The average molecular weight is 615 g/mol. The maximum Gasteiger partial charge on any atom is 0.333 e. The fraction of sp³-hybridized carbons (Fsp3) is 0.731. The van der Waals surface area contributed by atoms with Gasteiger partial charge in [-0.25, -0.2) is 4.79 Å². The van der Waals surface area contributed by atoms with E-state index in [0.717, 1.165) is 13.8 Å². The van der Waals surface area contributed by atoms with Crippen LogP contribution >= 0.6 is 0 Å². The fourth-order valence-electron chi connectivity index (χ4n) is 4.88. The fourth-order valence-corrected chi connectivity index (χ4v) is 4.88. The summed E-state index contributed by atoms with van der Waals surface area (Å²) in [4.78, 5) is 88.9. The van der Waals surface area contributed by atoms with Crippen LogP contribution in [0.2, 0.25) is 0 Å². The number of hydrogen-bond donors (Lipinski definition) is 4. The number of hydroxylamine groups is 2. The first kappa shape index (κ1) is 33.8. The maximum absolute atomic E-state index is 12.7. The Morgan fingerprint density at radius 1 is 1.00 bits per heavy atom. The molecule has 0 aliphatic carbocycles. The summed E-state index contributed by atoms with van der Waals surface area (Å²) in [6, 6.07) is -1.77. The van der Waals surface area contributed by atoms with E-state index in [9.17, 15) is 38.7 Å². The van der Waals surface area contributed by atoms with Gasteiger partial charge in [0.1, 0.15) is 12.1 Å². The Bertz CT molecular complexity index is 1070. The molecule has 0 aromatic heterocycles. The lowest BCUT2D eigenvalue weighted by Gasteiger charge is -2.45. The minimum atomic E-state index is -1.26. The van der Waals surface area contributed by atoms with Gasteiger partial charge in [-0.15, -0.1) is 5.06 Å². The van der Waals surface area contributed by atoms with Crippen molar-refractivity contribution in [2.24, 2.45) is 0 Å². The number of nitrogens with zero attached hydrogens (tertiary/aromatic N) is 1. The van der Waals surface area contributed by atoms with Gasteiger partial charge in [0.2, 0.25) is 11.8 Å². The molecule has 43 heavy (non-hydrogen) atoms. The smallest absolute Gasteiger partial charge is 0.333 e. The van der Waals surface area contributed by atoms with Crippen molar-refractivity contribution >= 4 is 41.5 Å². The second-order valence-electron chi connectivity index (χ2n) is 10.4. The Morgan fingerprint density at radius 2 is 1.65 bits per heavy atom. The lowest BCUT2D eigenvalue weighted by atomic mass is 9.95. The molecule has 240 valence electrons. The van der Waals surface area contributed by atoms with Crippen LogP contribution in [0.15, 0.2) is 0 Å². The number of esters is 2. The van der Waals surface area contributed by atoms with Gasteiger partial charge in [0.15, 0.2) is 18.5 Å². The van der Waals surface area contributed by atoms with Gasteiger partial charge in [-0.1, -0.05) is 0 Å². The number of amides is 4. The summed E-state index contributed by atoms with van der Waals surface area (Å²) in [5.74, 6) is -4.36. The first-order valence-electron chi connectivity index (χ1n) is 14.0. The highest BCUT2D eigenvalue weighted by atomic mass is 16.7. The first-order valence-corrected chi connectivity index (χ1v) is 14.0. The molecule has 0 saturated carbocycles. The normalized spacial score (nSPS) is 28.7. The monoisotopic (exact) mass is 614 g/mol. The molecule has 3 fully saturated rings. The van der Waals surface area contributed by atoms with E-state index in [4.69, 9.17) is 23.8 Å². The third-order valence-electron chi connectivity index (χ3n) is 6.78. The molecule has 0 aromatic carbocycles. The lowest BCUT2D eigenvalue weighted by Crippen LogP contribution is -2.67. The SMILES string of the molecule is CC(=O)NC1C(OCCCCC(=O)ON2C(=O)CCC2=O)OC(CNC(=O)C2CC(O)CN2)C(OC(C)=O)C1OC(C)=O. The quantitative estimate of drug-likeness (QED) is 0.0974. The van der Waals surface area contributed by atoms with Crippen LogP contribution in [0, 0.1) is 0 Å². The number of imide groups is 1. The lowest BCUT2D eigenvalue weighted by molar-refractivity contribution is -0.270. The Morgan fingerprint density at radius 3 is 2.23 bits per heavy atom. The summed E-state index contributed by atoms with van der Waals surface area (Å²) in [6.45, 7) is 3.54. The van der Waals surface area contributed by atoms with Gasteiger partial charge in [0, 0.05) is 59.7 Å². The number of aliphatic hydroxyl groups is 1. The Hall–Kier alpha value is -3.67. The summed E-state index contributed by atoms with van der Waals surface area (Å²) in [5, 5.41) is 18.3. The number of nitrogens with one attached hydrogen (secondary N) is 3. The highest BCUT2D eigenvalue weighted by Crippen LogP contribution is 2.28. The second kappa shape index (κ2) is 15.7. The van der Waals surface area contributed by atoms with Crippen molar-refractivity contribution in [2.75, 3.05) is 19.7 Å².